The van der Waals surface area contributed by atoms with Crippen LogP contribution in [0.3, 0.4) is 0 Å². The van der Waals surface area contributed by atoms with Gasteiger partial charge in [-0.2, -0.15) is 5.48 Å². The zero-order valence-corrected chi connectivity index (χ0v) is 4.63. The Bertz CT molecular complexity index is 66.3. The summed E-state index contributed by atoms with van der Waals surface area (Å²) < 4.78 is 0. The van der Waals surface area contributed by atoms with E-state index >= 15 is 0 Å². The first-order chi connectivity index (χ1) is 3.85. The predicted molar refractivity (Wildman–Crippen MR) is 27.1 cm³/mol. The van der Waals surface area contributed by atoms with Crippen LogP contribution in [0.5, 0.6) is 0 Å². The lowest BCUT2D eigenvalue weighted by Gasteiger charge is -2.04. The molecule has 0 aliphatic carbocycles. The highest BCUT2D eigenvalue weighted by Crippen LogP contribution is 1.71. The van der Waals surface area contributed by atoms with Crippen molar-refractivity contribution in [3.8, 4) is 0 Å². The second kappa shape index (κ2) is 4.70. The molecule has 0 aromatic carbocycles. The summed E-state index contributed by atoms with van der Waals surface area (Å²) in [7, 11) is 1.38. The lowest BCUT2D eigenvalue weighted by atomic mass is 10.4. The molecule has 0 rings (SSSR count). The number of hydroxylamine groups is 1. The third kappa shape index (κ3) is 2.68. The molecule has 0 aromatic heterocycles. The number of aldehydes is 1. The summed E-state index contributed by atoms with van der Waals surface area (Å²) in [5.41, 5.74) is 2.26. The molecular weight excluding hydrogens is 110 g/mol. The summed E-state index contributed by atoms with van der Waals surface area (Å²) in [6.45, 7) is -0.239. The van der Waals surface area contributed by atoms with Crippen molar-refractivity contribution in [3.05, 3.63) is 0 Å². The van der Waals surface area contributed by atoms with E-state index in [0.29, 0.717) is 6.29 Å². The molecule has 0 bridgehead atoms. The lowest BCUT2D eigenvalue weighted by molar-refractivity contribution is -0.113. The first kappa shape index (κ1) is 7.55. The molecule has 0 aliphatic rings. The van der Waals surface area contributed by atoms with Gasteiger partial charge in [-0.05, 0) is 0 Å². The van der Waals surface area contributed by atoms with Gasteiger partial charge in [-0.25, -0.2) is 0 Å². The molecule has 0 amide bonds. The van der Waals surface area contributed by atoms with Gasteiger partial charge >= 0.3 is 0 Å². The minimum absolute atomic E-state index is 0.239. The summed E-state index contributed by atoms with van der Waals surface area (Å²) in [4.78, 5) is 14.2. The number of nitrogens with one attached hydrogen (secondary N) is 1. The molecule has 0 saturated heterocycles. The Hall–Kier alpha value is -0.450. The normalized spacial score (nSPS) is 13.2. The van der Waals surface area contributed by atoms with E-state index in [1.54, 1.807) is 0 Å². The number of carbonyl (C=O) groups is 1. The lowest BCUT2D eigenvalue weighted by Crippen LogP contribution is -2.32. The van der Waals surface area contributed by atoms with Crippen LogP contribution in [0.15, 0.2) is 0 Å². The Morgan fingerprint density at radius 2 is 2.62 bits per heavy atom. The van der Waals surface area contributed by atoms with Crippen LogP contribution in [-0.2, 0) is 9.63 Å². The van der Waals surface area contributed by atoms with Gasteiger partial charge in [0.25, 0.3) is 0 Å². The number of hydrogen-bond acceptors (Lipinski definition) is 4. The van der Waals surface area contributed by atoms with Crippen molar-refractivity contribution in [2.24, 2.45) is 0 Å². The van der Waals surface area contributed by atoms with E-state index in [1.807, 2.05) is 0 Å². The summed E-state index contributed by atoms with van der Waals surface area (Å²) in [6.07, 6.45) is 0.573. The number of carbonyl (C=O) groups excluding carboxylic acids is 1. The van der Waals surface area contributed by atoms with Gasteiger partial charge in [0.1, 0.15) is 12.3 Å². The van der Waals surface area contributed by atoms with E-state index in [-0.39, 0.29) is 6.61 Å². The van der Waals surface area contributed by atoms with Crippen LogP contribution in [0.4, 0.5) is 0 Å². The van der Waals surface area contributed by atoms with Gasteiger partial charge in [0, 0.05) is 0 Å². The van der Waals surface area contributed by atoms with E-state index in [9.17, 15) is 4.79 Å². The van der Waals surface area contributed by atoms with Gasteiger partial charge in [0.05, 0.1) is 13.7 Å². The molecule has 0 saturated carbocycles. The second-order valence-electron chi connectivity index (χ2n) is 1.25. The van der Waals surface area contributed by atoms with Crippen molar-refractivity contribution < 1.29 is 14.7 Å². The van der Waals surface area contributed by atoms with Crippen molar-refractivity contribution in [1.82, 2.24) is 5.48 Å². The van der Waals surface area contributed by atoms with E-state index < -0.39 is 6.04 Å². The van der Waals surface area contributed by atoms with Gasteiger partial charge in [-0.1, -0.05) is 0 Å². The smallest absolute Gasteiger partial charge is 0.141 e. The molecule has 0 heterocycles. The number of aliphatic hydroxyl groups is 1. The highest BCUT2D eigenvalue weighted by molar-refractivity contribution is 5.57. The molecule has 1 unspecified atom stereocenters. The highest BCUT2D eigenvalue weighted by Gasteiger charge is 2.00. The zero-order chi connectivity index (χ0) is 6.41. The van der Waals surface area contributed by atoms with E-state index in [0.717, 1.165) is 0 Å². The van der Waals surface area contributed by atoms with Gasteiger partial charge in [0.15, 0.2) is 0 Å². The Balaban J connectivity index is 3.21. The average molecular weight is 119 g/mol. The van der Waals surface area contributed by atoms with Crippen LogP contribution in [0, 0.1) is 0 Å². The van der Waals surface area contributed by atoms with Gasteiger partial charge < -0.3 is 14.7 Å². The SMILES string of the molecule is CONC(C=O)CO. The highest BCUT2D eigenvalue weighted by atomic mass is 16.6. The molecule has 0 aromatic rings. The minimum atomic E-state index is -0.597. The first-order valence-corrected chi connectivity index (χ1v) is 2.19. The molecule has 2 N–H and O–H groups in total. The first-order valence-electron chi connectivity index (χ1n) is 2.19. The summed E-state index contributed by atoms with van der Waals surface area (Å²) in [6, 6.07) is -0.597. The largest absolute Gasteiger partial charge is 0.394 e. The number of hydrogen-bond donors (Lipinski definition) is 2. The number of aliphatic hydroxyl groups excluding tert-OH is 1. The summed E-state index contributed by atoms with van der Waals surface area (Å²) >= 11 is 0. The maximum absolute atomic E-state index is 9.82. The third-order valence-electron chi connectivity index (χ3n) is 0.630. The average Bonchev–Trinajstić information content (AvgIpc) is 1.83. The molecular formula is C4H9NO3. The predicted octanol–water partition coefficient (Wildman–Crippen LogP) is -1.30. The molecule has 0 radical (unpaired) electrons. The number of rotatable bonds is 4. The molecule has 8 heavy (non-hydrogen) atoms. The van der Waals surface area contributed by atoms with Crippen LogP contribution in [0.25, 0.3) is 0 Å². The zero-order valence-electron chi connectivity index (χ0n) is 4.63. The van der Waals surface area contributed by atoms with Crippen molar-refractivity contribution >= 4 is 6.29 Å². The molecule has 0 fully saturated rings. The fourth-order valence-corrected chi connectivity index (χ4v) is 0.259. The topological polar surface area (TPSA) is 58.6 Å². The Morgan fingerprint density at radius 1 is 2.00 bits per heavy atom. The van der Waals surface area contributed by atoms with Gasteiger partial charge in [-0.15, -0.1) is 0 Å². The van der Waals surface area contributed by atoms with Gasteiger partial charge in [0.2, 0.25) is 0 Å². The minimum Gasteiger partial charge on any atom is -0.394 e. The fraction of sp³-hybridized carbons (Fsp3) is 0.750. The Kier molecular flexibility index (Phi) is 4.44. The second-order valence-corrected chi connectivity index (χ2v) is 1.25. The van der Waals surface area contributed by atoms with E-state index in [2.05, 4.69) is 10.3 Å². The molecule has 0 spiro atoms. The monoisotopic (exact) mass is 119 g/mol. The maximum atomic E-state index is 9.82. The van der Waals surface area contributed by atoms with Gasteiger partial charge in [-0.3, -0.25) is 0 Å². The molecule has 0 aliphatic heterocycles. The summed E-state index contributed by atoms with van der Waals surface area (Å²) in [5.74, 6) is 0. The molecule has 1 atom stereocenters. The van der Waals surface area contributed by atoms with Crippen molar-refractivity contribution in [2.75, 3.05) is 13.7 Å². The van der Waals surface area contributed by atoms with E-state index in [4.69, 9.17) is 5.11 Å². The van der Waals surface area contributed by atoms with Crippen LogP contribution in [-0.4, -0.2) is 31.2 Å². The fourth-order valence-electron chi connectivity index (χ4n) is 0.259. The standard InChI is InChI=1S/C4H9NO3/c1-8-5-4(2-6)3-7/h2,4-5,7H,3H2,1H3. The van der Waals surface area contributed by atoms with Crippen LogP contribution < -0.4 is 5.48 Å². The molecule has 48 valence electrons. The van der Waals surface area contributed by atoms with Crippen molar-refractivity contribution in [1.29, 1.82) is 0 Å². The van der Waals surface area contributed by atoms with E-state index in [1.165, 1.54) is 7.11 Å². The van der Waals surface area contributed by atoms with Crippen molar-refractivity contribution in [2.45, 2.75) is 6.04 Å². The van der Waals surface area contributed by atoms with Crippen LogP contribution >= 0.6 is 0 Å². The van der Waals surface area contributed by atoms with Crippen LogP contribution in [0.1, 0.15) is 0 Å². The molecule has 4 heteroatoms. The Labute approximate surface area is 47.4 Å². The summed E-state index contributed by atoms with van der Waals surface area (Å²) in [5, 5.41) is 8.28. The van der Waals surface area contributed by atoms with Crippen LogP contribution in [0.2, 0.25) is 0 Å². The maximum Gasteiger partial charge on any atom is 0.141 e. The quantitative estimate of drug-likeness (QED) is 0.356. The third-order valence-corrected chi connectivity index (χ3v) is 0.630. The van der Waals surface area contributed by atoms with Crippen molar-refractivity contribution in [3.63, 3.8) is 0 Å². The molecule has 4 nitrogen and oxygen atoms in total. The Morgan fingerprint density at radius 3 is 2.75 bits per heavy atom.